The number of carbonyl (C=O) groups excluding carboxylic acids is 2. The van der Waals surface area contributed by atoms with Crippen LogP contribution in [0.2, 0.25) is 0 Å². The molecule has 0 saturated carbocycles. The minimum atomic E-state index is -0.483. The number of piperidine rings is 1. The molecule has 0 atom stereocenters. The Morgan fingerprint density at radius 2 is 1.62 bits per heavy atom. The molecule has 0 aromatic carbocycles. The van der Waals surface area contributed by atoms with Crippen LogP contribution in [0.5, 0.6) is 0 Å². The van der Waals surface area contributed by atoms with Gasteiger partial charge in [-0.3, -0.25) is 0 Å². The minimum absolute atomic E-state index is 0.0338. The van der Waals surface area contributed by atoms with Crippen molar-refractivity contribution in [2.24, 2.45) is 5.41 Å². The molecule has 0 spiro atoms. The van der Waals surface area contributed by atoms with Crippen LogP contribution in [0, 0.1) is 5.41 Å². The van der Waals surface area contributed by atoms with E-state index >= 15 is 0 Å². The lowest BCUT2D eigenvalue weighted by molar-refractivity contribution is 0.0201. The van der Waals surface area contributed by atoms with Crippen LogP contribution < -0.4 is 10.6 Å². The molecule has 0 aromatic heterocycles. The summed E-state index contributed by atoms with van der Waals surface area (Å²) in [7, 11) is 0. The Morgan fingerprint density at radius 1 is 1.08 bits per heavy atom. The fourth-order valence-electron chi connectivity index (χ4n) is 2.15. The first kappa shape index (κ1) is 20.3. The van der Waals surface area contributed by atoms with Gasteiger partial charge in [0.15, 0.2) is 0 Å². The van der Waals surface area contributed by atoms with Gasteiger partial charge in [0.05, 0.1) is 0 Å². The number of carbonyl (C=O) groups is 2. The molecule has 24 heavy (non-hydrogen) atoms. The van der Waals surface area contributed by atoms with E-state index < -0.39 is 5.60 Å². The standard InChI is InChI=1S/C18H33N3O3/c1-13(17(2,3)4)12-19-15(22)20-14-8-10-21(11-9-14)16(23)24-18(5,6)7/h12,14H,8-11H2,1-7H3,(H2,19,20,22)/b13-12+. The number of nitrogens with zero attached hydrogens (tertiary/aromatic N) is 1. The Hall–Kier alpha value is -1.72. The van der Waals surface area contributed by atoms with Crippen LogP contribution >= 0.6 is 0 Å². The van der Waals surface area contributed by atoms with Gasteiger partial charge in [-0.15, -0.1) is 0 Å². The molecule has 2 N–H and O–H groups in total. The van der Waals surface area contributed by atoms with E-state index in [0.29, 0.717) is 13.1 Å². The molecule has 0 unspecified atom stereocenters. The van der Waals surface area contributed by atoms with Gasteiger partial charge >= 0.3 is 12.1 Å². The predicted molar refractivity (Wildman–Crippen MR) is 95.7 cm³/mol. The molecule has 0 radical (unpaired) electrons. The van der Waals surface area contributed by atoms with E-state index in [-0.39, 0.29) is 23.6 Å². The van der Waals surface area contributed by atoms with Crippen molar-refractivity contribution in [3.8, 4) is 0 Å². The summed E-state index contributed by atoms with van der Waals surface area (Å²) in [6.45, 7) is 15.1. The number of urea groups is 1. The van der Waals surface area contributed by atoms with Crippen molar-refractivity contribution in [2.45, 2.75) is 73.0 Å². The zero-order chi connectivity index (χ0) is 18.5. The molecule has 1 saturated heterocycles. The normalized spacial score (nSPS) is 17.5. The molecular formula is C18H33N3O3. The quantitative estimate of drug-likeness (QED) is 0.807. The zero-order valence-corrected chi connectivity index (χ0v) is 16.2. The van der Waals surface area contributed by atoms with Gasteiger partial charge in [0.25, 0.3) is 0 Å². The maximum atomic E-state index is 12.0. The molecule has 138 valence electrons. The van der Waals surface area contributed by atoms with Crippen molar-refractivity contribution in [1.82, 2.24) is 15.5 Å². The van der Waals surface area contributed by atoms with Crippen molar-refractivity contribution in [3.05, 3.63) is 11.8 Å². The number of rotatable bonds is 2. The summed E-state index contributed by atoms with van der Waals surface area (Å²) in [6.07, 6.45) is 2.93. The van der Waals surface area contributed by atoms with Gasteiger partial charge in [0.2, 0.25) is 0 Å². The third kappa shape index (κ3) is 7.23. The highest BCUT2D eigenvalue weighted by Gasteiger charge is 2.27. The monoisotopic (exact) mass is 339 g/mol. The maximum absolute atomic E-state index is 12.0. The lowest BCUT2D eigenvalue weighted by atomic mass is 9.88. The van der Waals surface area contributed by atoms with Crippen LogP contribution in [0.15, 0.2) is 11.8 Å². The van der Waals surface area contributed by atoms with Gasteiger partial charge in [0.1, 0.15) is 5.60 Å². The number of nitrogens with one attached hydrogen (secondary N) is 2. The van der Waals surface area contributed by atoms with Gasteiger partial charge < -0.3 is 20.3 Å². The van der Waals surface area contributed by atoms with Gasteiger partial charge in [0, 0.05) is 25.3 Å². The first-order chi connectivity index (χ1) is 10.9. The highest BCUT2D eigenvalue weighted by Crippen LogP contribution is 2.23. The molecule has 3 amide bonds. The molecule has 0 aromatic rings. The Kier molecular flexibility index (Phi) is 6.69. The largest absolute Gasteiger partial charge is 0.444 e. The molecule has 0 aliphatic carbocycles. The first-order valence-corrected chi connectivity index (χ1v) is 8.61. The lowest BCUT2D eigenvalue weighted by Gasteiger charge is -2.33. The SMILES string of the molecule is C/C(=C\NC(=O)NC1CCN(C(=O)OC(C)(C)C)CC1)C(C)(C)C. The molecule has 1 aliphatic rings. The molecule has 1 aliphatic heterocycles. The van der Waals surface area contributed by atoms with Gasteiger partial charge in [-0.1, -0.05) is 26.3 Å². The minimum Gasteiger partial charge on any atom is -0.444 e. The highest BCUT2D eigenvalue weighted by atomic mass is 16.6. The molecule has 1 heterocycles. The molecule has 6 nitrogen and oxygen atoms in total. The second kappa shape index (κ2) is 7.90. The van der Waals surface area contributed by atoms with Crippen molar-refractivity contribution < 1.29 is 14.3 Å². The summed E-state index contributed by atoms with van der Waals surface area (Å²) in [5.74, 6) is 0. The van der Waals surface area contributed by atoms with E-state index in [0.717, 1.165) is 18.4 Å². The number of hydrogen-bond donors (Lipinski definition) is 2. The number of allylic oxidation sites excluding steroid dienone is 1. The van der Waals surface area contributed by atoms with E-state index in [1.807, 2.05) is 27.7 Å². The lowest BCUT2D eigenvalue weighted by Crippen LogP contribution is -2.49. The van der Waals surface area contributed by atoms with Crippen LogP contribution in [0.3, 0.4) is 0 Å². The Labute approximate surface area is 146 Å². The average Bonchev–Trinajstić information content (AvgIpc) is 2.42. The summed E-state index contributed by atoms with van der Waals surface area (Å²) in [5, 5.41) is 5.74. The number of hydrogen-bond acceptors (Lipinski definition) is 3. The molecule has 1 fully saturated rings. The number of amides is 3. The van der Waals surface area contributed by atoms with Crippen LogP contribution in [0.1, 0.15) is 61.3 Å². The average molecular weight is 339 g/mol. The molecule has 6 heteroatoms. The molecule has 0 bridgehead atoms. The number of ether oxygens (including phenoxy) is 1. The molecular weight excluding hydrogens is 306 g/mol. The van der Waals surface area contributed by atoms with Crippen LogP contribution in [0.25, 0.3) is 0 Å². The fourth-order valence-corrected chi connectivity index (χ4v) is 2.15. The van der Waals surface area contributed by atoms with Crippen molar-refractivity contribution in [3.63, 3.8) is 0 Å². The summed E-state index contributed by atoms with van der Waals surface area (Å²) >= 11 is 0. The Bertz CT molecular complexity index is 479. The van der Waals surface area contributed by atoms with E-state index in [9.17, 15) is 9.59 Å². The van der Waals surface area contributed by atoms with E-state index in [2.05, 4.69) is 31.4 Å². The Balaban J connectivity index is 2.38. The van der Waals surface area contributed by atoms with Crippen molar-refractivity contribution in [1.29, 1.82) is 0 Å². The maximum Gasteiger partial charge on any atom is 0.410 e. The summed E-state index contributed by atoms with van der Waals surface area (Å²) in [5.41, 5.74) is 0.660. The smallest absolute Gasteiger partial charge is 0.410 e. The van der Waals surface area contributed by atoms with E-state index in [1.54, 1.807) is 11.1 Å². The topological polar surface area (TPSA) is 70.7 Å². The highest BCUT2D eigenvalue weighted by molar-refractivity contribution is 5.75. The van der Waals surface area contributed by atoms with Crippen molar-refractivity contribution in [2.75, 3.05) is 13.1 Å². The van der Waals surface area contributed by atoms with Gasteiger partial charge in [-0.05, 0) is 46.0 Å². The predicted octanol–water partition coefficient (Wildman–Crippen LogP) is 3.64. The van der Waals surface area contributed by atoms with Crippen molar-refractivity contribution >= 4 is 12.1 Å². The number of likely N-dealkylation sites (tertiary alicyclic amines) is 1. The van der Waals surface area contributed by atoms with Crippen LogP contribution in [-0.4, -0.2) is 41.8 Å². The molecule has 1 rings (SSSR count). The van der Waals surface area contributed by atoms with Gasteiger partial charge in [-0.25, -0.2) is 9.59 Å². The second-order valence-electron chi connectivity index (χ2n) is 8.44. The van der Waals surface area contributed by atoms with Gasteiger partial charge in [-0.2, -0.15) is 0 Å². The zero-order valence-electron chi connectivity index (χ0n) is 16.2. The summed E-state index contributed by atoms with van der Waals surface area (Å²) in [4.78, 5) is 25.7. The second-order valence-corrected chi connectivity index (χ2v) is 8.44. The first-order valence-electron chi connectivity index (χ1n) is 8.61. The fraction of sp³-hybridized carbons (Fsp3) is 0.778. The van der Waals surface area contributed by atoms with Crippen LogP contribution in [0.4, 0.5) is 9.59 Å². The third-order valence-corrected chi connectivity index (χ3v) is 4.08. The van der Waals surface area contributed by atoms with Crippen LogP contribution in [-0.2, 0) is 4.74 Å². The summed E-state index contributed by atoms with van der Waals surface area (Å²) in [6, 6.07) is -0.124. The van der Waals surface area contributed by atoms with E-state index in [4.69, 9.17) is 4.74 Å². The van der Waals surface area contributed by atoms with E-state index in [1.165, 1.54) is 0 Å². The summed E-state index contributed by atoms with van der Waals surface area (Å²) < 4.78 is 5.37. The Morgan fingerprint density at radius 3 is 2.08 bits per heavy atom. The third-order valence-electron chi connectivity index (χ3n) is 4.08.